The summed E-state index contributed by atoms with van der Waals surface area (Å²) < 4.78 is 54.7. The Hall–Kier alpha value is -1.98. The number of esters is 1. The van der Waals surface area contributed by atoms with Gasteiger partial charge in [0.15, 0.2) is 30.4 Å². The van der Waals surface area contributed by atoms with Gasteiger partial charge in [0.05, 0.1) is 55.2 Å². The fourth-order valence-electron chi connectivity index (χ4n) is 9.60. The fourth-order valence-corrected chi connectivity index (χ4v) is 9.60. The van der Waals surface area contributed by atoms with Crippen LogP contribution in [0, 0.1) is 23.7 Å². The molecule has 6 N–H and O–H groups in total. The Morgan fingerprint density at radius 2 is 1.58 bits per heavy atom. The standard InChI is InChI=1S/C46H79NO17/c1-13-33-30(23-58-44-41(57-12)34(56-11)21-46(8,55)64-44)18-24(2)14-15-31(49)25(3)19-29(16-17-48)39(26(4)32(50)20-35(51)61-33)63-43-38(52)37(47(9)10)40(27(5)60-43)62-36-22-45(7,54)42(53)28(6)59-36/h14-15,18,25-30,32-34,36-44,48,50,52-55H,13,16-17,19-23H2,1-12H3/b15-14+,24-18+. The summed E-state index contributed by atoms with van der Waals surface area (Å²) in [6, 6.07) is -0.730. The van der Waals surface area contributed by atoms with Gasteiger partial charge in [-0.1, -0.05) is 38.5 Å². The Balaban J connectivity index is 1.62. The maximum Gasteiger partial charge on any atom is 0.308 e. The maximum atomic E-state index is 13.8. The smallest absolute Gasteiger partial charge is 0.308 e. The molecule has 4 rings (SSSR count). The van der Waals surface area contributed by atoms with Gasteiger partial charge in [-0.15, -0.1) is 0 Å². The van der Waals surface area contributed by atoms with Gasteiger partial charge in [0.25, 0.3) is 0 Å². The molecule has 0 amide bonds. The number of rotatable bonds is 13. The van der Waals surface area contributed by atoms with Crippen LogP contribution in [0.1, 0.15) is 93.9 Å². The second-order valence-electron chi connectivity index (χ2n) is 19.1. The molecule has 3 saturated heterocycles. The molecule has 0 aliphatic carbocycles. The number of hydrogen-bond donors (Lipinski definition) is 6. The van der Waals surface area contributed by atoms with Gasteiger partial charge in [-0.05, 0) is 80.0 Å². The van der Waals surface area contributed by atoms with Gasteiger partial charge in [0, 0.05) is 51.4 Å². The van der Waals surface area contributed by atoms with E-state index in [2.05, 4.69) is 0 Å². The number of methoxy groups -OCH3 is 2. The Morgan fingerprint density at radius 3 is 2.17 bits per heavy atom. The predicted octanol–water partition coefficient (Wildman–Crippen LogP) is 1.98. The van der Waals surface area contributed by atoms with Crippen LogP contribution in [0.25, 0.3) is 0 Å². The van der Waals surface area contributed by atoms with Gasteiger partial charge in [-0.2, -0.15) is 0 Å². The van der Waals surface area contributed by atoms with Gasteiger partial charge < -0.3 is 78.2 Å². The minimum absolute atomic E-state index is 0.0281. The minimum atomic E-state index is -1.56. The first-order valence-corrected chi connectivity index (χ1v) is 22.8. The Kier molecular flexibility index (Phi) is 20.3. The van der Waals surface area contributed by atoms with E-state index in [1.54, 1.807) is 52.8 Å². The van der Waals surface area contributed by atoms with E-state index in [0.29, 0.717) is 12.0 Å². The van der Waals surface area contributed by atoms with E-state index in [0.717, 1.165) is 0 Å². The molecule has 370 valence electrons. The van der Waals surface area contributed by atoms with Crippen LogP contribution in [0.15, 0.2) is 23.8 Å². The van der Waals surface area contributed by atoms with Gasteiger partial charge in [-0.3, -0.25) is 9.59 Å². The topological polar surface area (TPSA) is 242 Å². The molecule has 0 aromatic heterocycles. The molecule has 0 radical (unpaired) electrons. The van der Waals surface area contributed by atoms with Crippen molar-refractivity contribution in [1.29, 1.82) is 0 Å². The average molecular weight is 918 g/mol. The number of nitrogens with zero attached hydrogens (tertiary/aromatic N) is 1. The Labute approximate surface area is 379 Å². The first-order chi connectivity index (χ1) is 30.0. The summed E-state index contributed by atoms with van der Waals surface area (Å²) in [7, 11) is 6.53. The van der Waals surface area contributed by atoms with Crippen LogP contribution in [0.2, 0.25) is 0 Å². The van der Waals surface area contributed by atoms with Crippen LogP contribution >= 0.6 is 0 Å². The molecule has 4 heterocycles. The molecule has 20 unspecified atom stereocenters. The number of allylic oxidation sites excluding steroid dienone is 3. The largest absolute Gasteiger partial charge is 0.462 e. The van der Waals surface area contributed by atoms with E-state index in [9.17, 15) is 40.2 Å². The van der Waals surface area contributed by atoms with Crippen LogP contribution < -0.4 is 0 Å². The number of cyclic esters (lactones) is 1. The zero-order valence-corrected chi connectivity index (χ0v) is 39.9. The van der Waals surface area contributed by atoms with Gasteiger partial charge in [-0.25, -0.2) is 0 Å². The first kappa shape index (κ1) is 54.6. The number of ketones is 1. The highest BCUT2D eigenvalue weighted by Crippen LogP contribution is 2.38. The fraction of sp³-hybridized carbons (Fsp3) is 0.870. The van der Waals surface area contributed by atoms with Crippen LogP contribution in [-0.2, 0) is 52.2 Å². The molecule has 0 aromatic carbocycles. The third kappa shape index (κ3) is 14.0. The van der Waals surface area contributed by atoms with E-state index >= 15 is 0 Å². The van der Waals surface area contributed by atoms with Crippen molar-refractivity contribution in [1.82, 2.24) is 4.90 Å². The molecule has 0 spiro atoms. The zero-order chi connectivity index (χ0) is 47.8. The molecule has 20 atom stereocenters. The molecule has 64 heavy (non-hydrogen) atoms. The molecular formula is C46H79NO17. The Morgan fingerprint density at radius 1 is 0.891 bits per heavy atom. The van der Waals surface area contributed by atoms with Gasteiger partial charge >= 0.3 is 5.97 Å². The molecule has 0 aromatic rings. The average Bonchev–Trinajstić information content (AvgIpc) is 3.21. The number of aliphatic hydroxyl groups is 6. The van der Waals surface area contributed by atoms with Crippen molar-refractivity contribution >= 4 is 11.8 Å². The lowest BCUT2D eigenvalue weighted by molar-refractivity contribution is -0.357. The second-order valence-corrected chi connectivity index (χ2v) is 19.1. The summed E-state index contributed by atoms with van der Waals surface area (Å²) in [6.07, 6.45) is -6.70. The third-order valence-corrected chi connectivity index (χ3v) is 13.4. The van der Waals surface area contributed by atoms with Crippen molar-refractivity contribution in [2.45, 2.75) is 191 Å². The van der Waals surface area contributed by atoms with E-state index in [4.69, 9.17) is 42.6 Å². The van der Waals surface area contributed by atoms with Crippen LogP contribution in [0.3, 0.4) is 0 Å². The Bertz CT molecular complexity index is 1540. The summed E-state index contributed by atoms with van der Waals surface area (Å²) in [5.74, 6) is -4.92. The molecule has 18 nitrogen and oxygen atoms in total. The van der Waals surface area contributed by atoms with Crippen LogP contribution in [0.5, 0.6) is 0 Å². The molecule has 4 aliphatic heterocycles. The normalized spacial score (nSPS) is 46.0. The quantitative estimate of drug-likeness (QED) is 0.145. The molecule has 3 fully saturated rings. The predicted molar refractivity (Wildman–Crippen MR) is 231 cm³/mol. The van der Waals surface area contributed by atoms with Crippen LogP contribution in [0.4, 0.5) is 0 Å². The van der Waals surface area contributed by atoms with Gasteiger partial charge in [0.2, 0.25) is 0 Å². The van der Waals surface area contributed by atoms with Crippen molar-refractivity contribution in [2.75, 3.05) is 41.5 Å². The summed E-state index contributed by atoms with van der Waals surface area (Å²) in [5, 5.41) is 66.3. The van der Waals surface area contributed by atoms with E-state index in [1.165, 1.54) is 34.1 Å². The monoisotopic (exact) mass is 918 g/mol. The summed E-state index contributed by atoms with van der Waals surface area (Å²) in [4.78, 5) is 29.3. The van der Waals surface area contributed by atoms with Crippen molar-refractivity contribution in [3.8, 4) is 0 Å². The number of carbonyl (C=O) groups excluding carboxylic acids is 2. The van der Waals surface area contributed by atoms with E-state index < -0.39 is 133 Å². The van der Waals surface area contributed by atoms with Crippen molar-refractivity contribution < 1.29 is 82.9 Å². The minimum Gasteiger partial charge on any atom is -0.462 e. The highest BCUT2D eigenvalue weighted by Gasteiger charge is 2.52. The molecule has 0 saturated carbocycles. The lowest BCUT2D eigenvalue weighted by Gasteiger charge is -2.50. The van der Waals surface area contributed by atoms with E-state index in [-0.39, 0.29) is 44.7 Å². The molecule has 0 bridgehead atoms. The second kappa shape index (κ2) is 23.8. The zero-order valence-electron chi connectivity index (χ0n) is 39.9. The lowest BCUT2D eigenvalue weighted by atomic mass is 9.79. The van der Waals surface area contributed by atoms with Crippen molar-refractivity contribution in [2.24, 2.45) is 23.7 Å². The number of ether oxygens (including phenoxy) is 9. The number of aliphatic hydroxyl groups excluding tert-OH is 4. The lowest BCUT2D eigenvalue weighted by Crippen LogP contribution is -2.65. The number of likely N-dealkylation sites (N-methyl/N-ethyl adjacent to an activating group) is 1. The summed E-state index contributed by atoms with van der Waals surface area (Å²) in [5.41, 5.74) is -0.794. The highest BCUT2D eigenvalue weighted by atomic mass is 16.8. The highest BCUT2D eigenvalue weighted by molar-refractivity contribution is 5.91. The van der Waals surface area contributed by atoms with Crippen molar-refractivity contribution in [3.05, 3.63) is 23.8 Å². The molecule has 4 aliphatic rings. The summed E-state index contributed by atoms with van der Waals surface area (Å²) >= 11 is 0. The third-order valence-electron chi connectivity index (χ3n) is 13.4. The summed E-state index contributed by atoms with van der Waals surface area (Å²) in [6.45, 7) is 13.3. The molecule has 18 heteroatoms. The van der Waals surface area contributed by atoms with Crippen LogP contribution in [-0.4, -0.2) is 186 Å². The number of hydrogen-bond acceptors (Lipinski definition) is 18. The van der Waals surface area contributed by atoms with Gasteiger partial charge in [0.1, 0.15) is 30.5 Å². The van der Waals surface area contributed by atoms with Crippen molar-refractivity contribution in [3.63, 3.8) is 0 Å². The van der Waals surface area contributed by atoms with E-state index in [1.807, 2.05) is 19.9 Å². The molecular weight excluding hydrogens is 838 g/mol. The number of carbonyl (C=O) groups is 2. The maximum absolute atomic E-state index is 13.8. The SMILES string of the molecule is CCC1OC(=O)CC(O)C(C)C(OC2OC(C)C(OC3CC(C)(O)C(O)C(C)O3)C(N(C)C)C2O)C(CCO)CC(C)C(=O)/C=C/C(C)=C/C1COC1OC(C)(O)CC(OC)C1OC. The first-order valence-electron chi connectivity index (χ1n) is 22.8.